The lowest BCUT2D eigenvalue weighted by Crippen LogP contribution is -2.33. The van der Waals surface area contributed by atoms with E-state index in [1.807, 2.05) is 0 Å². The molecular weight excluding hydrogens is 186 g/mol. The summed E-state index contributed by atoms with van der Waals surface area (Å²) >= 11 is 15.8. The van der Waals surface area contributed by atoms with Crippen LogP contribution >= 0.6 is 34.8 Å². The van der Waals surface area contributed by atoms with E-state index in [0.29, 0.717) is 0 Å². The molecule has 5 heteroatoms. The average molecular weight is 191 g/mol. The van der Waals surface area contributed by atoms with E-state index in [1.54, 1.807) is 0 Å². The van der Waals surface area contributed by atoms with Crippen molar-refractivity contribution >= 4 is 40.8 Å². The fourth-order valence-electron chi connectivity index (χ4n) is 0.170. The monoisotopic (exact) mass is 190 g/mol. The van der Waals surface area contributed by atoms with Crippen LogP contribution in [0.5, 0.6) is 0 Å². The van der Waals surface area contributed by atoms with Crippen LogP contribution in [-0.4, -0.2) is 20.8 Å². The van der Waals surface area contributed by atoms with E-state index < -0.39 is 15.7 Å². The summed E-state index contributed by atoms with van der Waals surface area (Å²) in [4.78, 5) is 10.1. The van der Waals surface area contributed by atoms with Crippen LogP contribution in [0.4, 0.5) is 0 Å². The molecule has 0 saturated carbocycles. The Morgan fingerprint density at radius 3 is 2.00 bits per heavy atom. The number of carboxylic acid groups (broad SMARTS) is 1. The number of alkyl halides is 3. The van der Waals surface area contributed by atoms with Crippen molar-refractivity contribution in [2.75, 3.05) is 0 Å². The standard InChI is InChI=1S/C4H5Cl3O2/c1-2(5)4(6,7)3(8)9/h2H,1H3,(H,8,9)/t2-/m1/s1. The number of hydrogen-bond acceptors (Lipinski definition) is 1. The summed E-state index contributed by atoms with van der Waals surface area (Å²) in [7, 11) is 0. The molecule has 0 spiro atoms. The summed E-state index contributed by atoms with van der Waals surface area (Å²) in [5.41, 5.74) is 0. The minimum atomic E-state index is -1.87. The molecule has 9 heavy (non-hydrogen) atoms. The SMILES string of the molecule is C[C@@H](Cl)C(Cl)(Cl)C(=O)O. The highest BCUT2D eigenvalue weighted by Gasteiger charge is 2.38. The topological polar surface area (TPSA) is 37.3 Å². The Labute approximate surface area is 67.7 Å². The van der Waals surface area contributed by atoms with Crippen molar-refractivity contribution in [3.8, 4) is 0 Å². The molecule has 0 fully saturated rings. The quantitative estimate of drug-likeness (QED) is 0.677. The van der Waals surface area contributed by atoms with Crippen molar-refractivity contribution in [2.24, 2.45) is 0 Å². The Hall–Kier alpha value is 0.340. The van der Waals surface area contributed by atoms with E-state index in [4.69, 9.17) is 39.9 Å². The van der Waals surface area contributed by atoms with Crippen LogP contribution in [0.15, 0.2) is 0 Å². The maximum atomic E-state index is 10.1. The zero-order valence-corrected chi connectivity index (χ0v) is 6.83. The van der Waals surface area contributed by atoms with Crippen LogP contribution in [0.2, 0.25) is 0 Å². The second kappa shape index (κ2) is 2.95. The zero-order valence-electron chi connectivity index (χ0n) is 4.57. The van der Waals surface area contributed by atoms with Gasteiger partial charge in [0.1, 0.15) is 0 Å². The molecule has 1 N–H and O–H groups in total. The molecule has 0 aliphatic carbocycles. The first-order valence-corrected chi connectivity index (χ1v) is 3.33. The third kappa shape index (κ3) is 2.20. The molecule has 0 rings (SSSR count). The van der Waals surface area contributed by atoms with Crippen molar-refractivity contribution < 1.29 is 9.90 Å². The van der Waals surface area contributed by atoms with Gasteiger partial charge in [0, 0.05) is 0 Å². The van der Waals surface area contributed by atoms with E-state index in [9.17, 15) is 4.79 Å². The summed E-state index contributed by atoms with van der Waals surface area (Å²) in [6, 6.07) is 0. The predicted octanol–water partition coefficient (Wildman–Crippen LogP) is 1.87. The van der Waals surface area contributed by atoms with Crippen LogP contribution in [0, 0.1) is 0 Å². The zero-order chi connectivity index (χ0) is 7.65. The third-order valence-corrected chi connectivity index (χ3v) is 2.31. The Morgan fingerprint density at radius 1 is 1.67 bits per heavy atom. The predicted molar refractivity (Wildman–Crippen MR) is 37.4 cm³/mol. The van der Waals surface area contributed by atoms with Crippen LogP contribution in [0.1, 0.15) is 6.92 Å². The normalized spacial score (nSPS) is 15.1. The summed E-state index contributed by atoms with van der Waals surface area (Å²) in [6.45, 7) is 1.41. The molecule has 0 amide bonds. The molecular formula is C4H5Cl3O2. The first-order valence-electron chi connectivity index (χ1n) is 2.14. The summed E-state index contributed by atoms with van der Waals surface area (Å²) in [5, 5.41) is 7.46. The summed E-state index contributed by atoms with van der Waals surface area (Å²) < 4.78 is -1.87. The molecule has 2 nitrogen and oxygen atoms in total. The van der Waals surface area contributed by atoms with Gasteiger partial charge in [0.2, 0.25) is 4.33 Å². The highest BCUT2D eigenvalue weighted by atomic mass is 35.5. The van der Waals surface area contributed by atoms with E-state index in [0.717, 1.165) is 0 Å². The molecule has 0 heterocycles. The van der Waals surface area contributed by atoms with Gasteiger partial charge < -0.3 is 5.11 Å². The van der Waals surface area contributed by atoms with Crippen molar-refractivity contribution in [3.63, 3.8) is 0 Å². The highest BCUT2D eigenvalue weighted by Crippen LogP contribution is 2.28. The molecule has 0 aromatic carbocycles. The first-order chi connectivity index (χ1) is 3.89. The van der Waals surface area contributed by atoms with Gasteiger partial charge >= 0.3 is 5.97 Å². The van der Waals surface area contributed by atoms with Crippen LogP contribution < -0.4 is 0 Å². The van der Waals surface area contributed by atoms with Crippen molar-refractivity contribution in [1.82, 2.24) is 0 Å². The Bertz CT molecular complexity index is 121. The number of hydrogen-bond donors (Lipinski definition) is 1. The fourth-order valence-corrected chi connectivity index (χ4v) is 0.263. The smallest absolute Gasteiger partial charge is 0.341 e. The molecule has 0 bridgehead atoms. The maximum Gasteiger partial charge on any atom is 0.341 e. The molecule has 0 aromatic rings. The van der Waals surface area contributed by atoms with Crippen molar-refractivity contribution in [3.05, 3.63) is 0 Å². The Balaban J connectivity index is 4.19. The van der Waals surface area contributed by atoms with Gasteiger partial charge in [0.15, 0.2) is 0 Å². The maximum absolute atomic E-state index is 10.1. The molecule has 0 unspecified atom stereocenters. The van der Waals surface area contributed by atoms with Gasteiger partial charge in [-0.15, -0.1) is 11.6 Å². The van der Waals surface area contributed by atoms with Gasteiger partial charge in [-0.2, -0.15) is 0 Å². The van der Waals surface area contributed by atoms with Crippen LogP contribution in [0.3, 0.4) is 0 Å². The third-order valence-electron chi connectivity index (χ3n) is 0.785. The molecule has 54 valence electrons. The minimum absolute atomic E-state index is 0.807. The van der Waals surface area contributed by atoms with Gasteiger partial charge in [-0.1, -0.05) is 23.2 Å². The van der Waals surface area contributed by atoms with E-state index in [1.165, 1.54) is 6.92 Å². The van der Waals surface area contributed by atoms with E-state index >= 15 is 0 Å². The molecule has 0 aliphatic heterocycles. The first kappa shape index (κ1) is 9.34. The summed E-state index contributed by atoms with van der Waals surface area (Å²) in [5.74, 6) is -1.33. The van der Waals surface area contributed by atoms with E-state index in [2.05, 4.69) is 0 Å². The average Bonchev–Trinajstić information content (AvgIpc) is 1.65. The molecule has 0 aliphatic rings. The molecule has 0 aromatic heterocycles. The van der Waals surface area contributed by atoms with Gasteiger partial charge in [-0.3, -0.25) is 0 Å². The highest BCUT2D eigenvalue weighted by molar-refractivity contribution is 6.60. The number of aliphatic carboxylic acids is 1. The molecule has 1 atom stereocenters. The Kier molecular flexibility index (Phi) is 3.06. The minimum Gasteiger partial charge on any atom is -0.479 e. The number of rotatable bonds is 2. The van der Waals surface area contributed by atoms with Gasteiger partial charge in [-0.25, -0.2) is 4.79 Å². The molecule has 0 saturated heterocycles. The number of carbonyl (C=O) groups is 1. The molecule has 0 radical (unpaired) electrons. The number of carboxylic acids is 1. The van der Waals surface area contributed by atoms with Crippen molar-refractivity contribution in [2.45, 2.75) is 16.6 Å². The Morgan fingerprint density at radius 2 is 2.00 bits per heavy atom. The second-order valence-electron chi connectivity index (χ2n) is 1.54. The second-order valence-corrected chi connectivity index (χ2v) is 3.58. The summed E-state index contributed by atoms with van der Waals surface area (Å²) in [6.07, 6.45) is 0. The van der Waals surface area contributed by atoms with Crippen LogP contribution in [0.25, 0.3) is 0 Å². The van der Waals surface area contributed by atoms with Gasteiger partial charge in [0.25, 0.3) is 0 Å². The fraction of sp³-hybridized carbons (Fsp3) is 0.750. The number of halogens is 3. The van der Waals surface area contributed by atoms with Gasteiger partial charge in [0.05, 0.1) is 5.38 Å². The largest absolute Gasteiger partial charge is 0.479 e. The lowest BCUT2D eigenvalue weighted by atomic mass is 10.3. The lowest BCUT2D eigenvalue weighted by molar-refractivity contribution is -0.137. The van der Waals surface area contributed by atoms with Crippen molar-refractivity contribution in [1.29, 1.82) is 0 Å². The lowest BCUT2D eigenvalue weighted by Gasteiger charge is -2.15. The van der Waals surface area contributed by atoms with Crippen LogP contribution in [-0.2, 0) is 4.79 Å². The van der Waals surface area contributed by atoms with Gasteiger partial charge in [-0.05, 0) is 6.92 Å². The van der Waals surface area contributed by atoms with E-state index in [-0.39, 0.29) is 0 Å².